The summed E-state index contributed by atoms with van der Waals surface area (Å²) in [5, 5.41) is 6.44. The molecule has 2 aliphatic rings. The molecular weight excluding hydrogens is 294 g/mol. The van der Waals surface area contributed by atoms with Crippen molar-refractivity contribution in [2.24, 2.45) is 0 Å². The Hall–Kier alpha value is -0.810. The fourth-order valence-electron chi connectivity index (χ4n) is 2.52. The highest BCUT2D eigenvalue weighted by atomic mass is 79.9. The van der Waals surface area contributed by atoms with Gasteiger partial charge in [0.05, 0.1) is 0 Å². The minimum atomic E-state index is 0.0568. The van der Waals surface area contributed by atoms with Gasteiger partial charge in [-0.25, -0.2) is 0 Å². The second kappa shape index (κ2) is 5.05. The Morgan fingerprint density at radius 1 is 1.44 bits per heavy atom. The Morgan fingerprint density at radius 3 is 2.94 bits per heavy atom. The molecule has 0 aromatic carbocycles. The molecule has 1 aliphatic carbocycles. The molecule has 1 saturated heterocycles. The first-order chi connectivity index (χ1) is 8.74. The van der Waals surface area contributed by atoms with Crippen LogP contribution in [-0.4, -0.2) is 29.6 Å². The quantitative estimate of drug-likeness (QED) is 0.897. The lowest BCUT2D eigenvalue weighted by molar-refractivity contribution is 0.0921. The molecule has 2 heterocycles. The number of hydrogen-bond acceptors (Lipinski definition) is 2. The number of hydrogen-bond donors (Lipinski definition) is 2. The summed E-state index contributed by atoms with van der Waals surface area (Å²) in [6.07, 6.45) is 6.60. The standard InChI is InChI=1S/C13H18BrN3O/c14-9-6-12(17(8-9)11-3-4-11)13(18)16-10-2-1-5-15-7-10/h6,8,10-11,15H,1-5,7H2,(H,16,18)/t10-/m1/s1. The van der Waals surface area contributed by atoms with E-state index in [1.807, 2.05) is 12.3 Å². The SMILES string of the molecule is O=C(N[C@@H]1CCCNC1)c1cc(Br)cn1C1CC1. The Balaban J connectivity index is 1.71. The number of amides is 1. The van der Waals surface area contributed by atoms with Gasteiger partial charge in [0.15, 0.2) is 0 Å². The Morgan fingerprint density at radius 2 is 2.28 bits per heavy atom. The molecule has 0 spiro atoms. The van der Waals surface area contributed by atoms with Crippen molar-refractivity contribution in [1.82, 2.24) is 15.2 Å². The molecule has 1 aliphatic heterocycles. The van der Waals surface area contributed by atoms with Crippen molar-refractivity contribution in [2.75, 3.05) is 13.1 Å². The molecule has 18 heavy (non-hydrogen) atoms. The molecule has 0 unspecified atom stereocenters. The molecule has 2 fully saturated rings. The largest absolute Gasteiger partial charge is 0.347 e. The van der Waals surface area contributed by atoms with Crippen LogP contribution in [0.2, 0.25) is 0 Å². The van der Waals surface area contributed by atoms with Crippen LogP contribution in [0.3, 0.4) is 0 Å². The first kappa shape index (κ1) is 12.2. The molecule has 3 rings (SSSR count). The average Bonchev–Trinajstić information content (AvgIpc) is 3.13. The van der Waals surface area contributed by atoms with Crippen LogP contribution in [0.4, 0.5) is 0 Å². The summed E-state index contributed by atoms with van der Waals surface area (Å²) < 4.78 is 3.09. The van der Waals surface area contributed by atoms with Gasteiger partial charge < -0.3 is 15.2 Å². The molecule has 2 N–H and O–H groups in total. The fourth-order valence-corrected chi connectivity index (χ4v) is 2.95. The van der Waals surface area contributed by atoms with E-state index in [1.54, 1.807) is 0 Å². The first-order valence-electron chi connectivity index (χ1n) is 6.63. The predicted octanol–water partition coefficient (Wildman–Crippen LogP) is 2.07. The van der Waals surface area contributed by atoms with Crippen LogP contribution in [0, 0.1) is 0 Å². The minimum absolute atomic E-state index is 0.0568. The highest BCUT2D eigenvalue weighted by molar-refractivity contribution is 9.10. The van der Waals surface area contributed by atoms with Gasteiger partial charge in [0.1, 0.15) is 5.69 Å². The molecule has 5 heteroatoms. The van der Waals surface area contributed by atoms with Crippen molar-refractivity contribution in [3.63, 3.8) is 0 Å². The van der Waals surface area contributed by atoms with Gasteiger partial charge in [0.25, 0.3) is 5.91 Å². The zero-order valence-electron chi connectivity index (χ0n) is 10.3. The van der Waals surface area contributed by atoms with Gasteiger partial charge in [0.2, 0.25) is 0 Å². The molecule has 1 aromatic rings. The summed E-state index contributed by atoms with van der Waals surface area (Å²) in [6.45, 7) is 1.95. The van der Waals surface area contributed by atoms with Crippen molar-refractivity contribution in [3.8, 4) is 0 Å². The zero-order chi connectivity index (χ0) is 12.5. The number of carbonyl (C=O) groups is 1. The third-order valence-corrected chi connectivity index (χ3v) is 4.05. The lowest BCUT2D eigenvalue weighted by Crippen LogP contribution is -2.46. The van der Waals surface area contributed by atoms with E-state index in [1.165, 1.54) is 12.8 Å². The summed E-state index contributed by atoms with van der Waals surface area (Å²) in [6, 6.07) is 2.72. The van der Waals surface area contributed by atoms with E-state index in [-0.39, 0.29) is 11.9 Å². The van der Waals surface area contributed by atoms with Gasteiger partial charge >= 0.3 is 0 Å². The Labute approximate surface area is 115 Å². The summed E-state index contributed by atoms with van der Waals surface area (Å²) in [4.78, 5) is 12.3. The van der Waals surface area contributed by atoms with Crippen molar-refractivity contribution >= 4 is 21.8 Å². The van der Waals surface area contributed by atoms with Crippen molar-refractivity contribution in [2.45, 2.75) is 37.8 Å². The van der Waals surface area contributed by atoms with Gasteiger partial charge in [-0.3, -0.25) is 4.79 Å². The predicted molar refractivity (Wildman–Crippen MR) is 73.8 cm³/mol. The van der Waals surface area contributed by atoms with Crippen molar-refractivity contribution in [3.05, 3.63) is 22.4 Å². The number of nitrogens with zero attached hydrogens (tertiary/aromatic N) is 1. The van der Waals surface area contributed by atoms with Gasteiger partial charge in [-0.1, -0.05) is 0 Å². The number of rotatable bonds is 3. The fraction of sp³-hybridized carbons (Fsp3) is 0.615. The van der Waals surface area contributed by atoms with Crippen LogP contribution in [-0.2, 0) is 0 Å². The number of piperidine rings is 1. The maximum absolute atomic E-state index is 12.3. The number of carbonyl (C=O) groups excluding carboxylic acids is 1. The lowest BCUT2D eigenvalue weighted by Gasteiger charge is -2.24. The molecule has 0 bridgehead atoms. The minimum Gasteiger partial charge on any atom is -0.347 e. The molecule has 1 aromatic heterocycles. The molecule has 1 amide bonds. The molecule has 4 nitrogen and oxygen atoms in total. The Bertz CT molecular complexity index is 447. The van der Waals surface area contributed by atoms with Crippen LogP contribution < -0.4 is 10.6 Å². The molecular formula is C13H18BrN3O. The second-order valence-corrected chi connectivity index (χ2v) is 6.11. The van der Waals surface area contributed by atoms with Crippen LogP contribution >= 0.6 is 15.9 Å². The summed E-state index contributed by atoms with van der Waals surface area (Å²) >= 11 is 3.46. The van der Waals surface area contributed by atoms with Crippen LogP contribution in [0.25, 0.3) is 0 Å². The monoisotopic (exact) mass is 311 g/mol. The first-order valence-corrected chi connectivity index (χ1v) is 7.42. The van der Waals surface area contributed by atoms with E-state index < -0.39 is 0 Å². The van der Waals surface area contributed by atoms with Gasteiger partial charge in [-0.05, 0) is 54.2 Å². The van der Waals surface area contributed by atoms with Gasteiger partial charge in [-0.2, -0.15) is 0 Å². The average molecular weight is 312 g/mol. The smallest absolute Gasteiger partial charge is 0.268 e. The van der Waals surface area contributed by atoms with E-state index >= 15 is 0 Å². The summed E-state index contributed by atoms with van der Waals surface area (Å²) in [5.41, 5.74) is 0.787. The molecule has 1 saturated carbocycles. The lowest BCUT2D eigenvalue weighted by atomic mass is 10.1. The second-order valence-electron chi connectivity index (χ2n) is 5.20. The van der Waals surface area contributed by atoms with Crippen LogP contribution in [0.15, 0.2) is 16.7 Å². The highest BCUT2D eigenvalue weighted by Crippen LogP contribution is 2.37. The number of nitrogens with one attached hydrogen (secondary N) is 2. The normalized spacial score (nSPS) is 23.9. The zero-order valence-corrected chi connectivity index (χ0v) is 11.9. The van der Waals surface area contributed by atoms with E-state index in [4.69, 9.17) is 0 Å². The van der Waals surface area contributed by atoms with E-state index in [2.05, 4.69) is 31.1 Å². The molecule has 1 atom stereocenters. The maximum atomic E-state index is 12.3. The van der Waals surface area contributed by atoms with Gasteiger partial charge in [-0.15, -0.1) is 0 Å². The molecule has 0 radical (unpaired) electrons. The van der Waals surface area contributed by atoms with Gasteiger partial charge in [0, 0.05) is 29.3 Å². The van der Waals surface area contributed by atoms with E-state index in [9.17, 15) is 4.79 Å². The van der Waals surface area contributed by atoms with Crippen molar-refractivity contribution in [1.29, 1.82) is 0 Å². The van der Waals surface area contributed by atoms with Crippen LogP contribution in [0.5, 0.6) is 0 Å². The van der Waals surface area contributed by atoms with E-state index in [0.29, 0.717) is 6.04 Å². The van der Waals surface area contributed by atoms with Crippen LogP contribution in [0.1, 0.15) is 42.2 Å². The Kier molecular flexibility index (Phi) is 3.43. The number of aromatic nitrogens is 1. The summed E-state index contributed by atoms with van der Waals surface area (Å²) in [5.74, 6) is 0.0568. The number of halogens is 1. The van der Waals surface area contributed by atoms with E-state index in [0.717, 1.165) is 36.1 Å². The topological polar surface area (TPSA) is 46.1 Å². The highest BCUT2D eigenvalue weighted by Gasteiger charge is 2.28. The molecule has 98 valence electrons. The van der Waals surface area contributed by atoms with Crippen molar-refractivity contribution < 1.29 is 4.79 Å². The summed E-state index contributed by atoms with van der Waals surface area (Å²) in [7, 11) is 0. The third-order valence-electron chi connectivity index (χ3n) is 3.62. The third kappa shape index (κ3) is 2.62. The maximum Gasteiger partial charge on any atom is 0.268 e.